The second-order valence-corrected chi connectivity index (χ2v) is 11.2. The number of anilines is 2. The number of amides is 1. The maximum absolute atomic E-state index is 13.0. The third-order valence-corrected chi connectivity index (χ3v) is 6.42. The first-order valence-electron chi connectivity index (χ1n) is 14.1. The number of ether oxygens (including phenoxy) is 1. The van der Waals surface area contributed by atoms with Gasteiger partial charge in [0.25, 0.3) is 0 Å². The minimum Gasteiger partial charge on any atom is -0.458 e. The summed E-state index contributed by atoms with van der Waals surface area (Å²) >= 11 is 0. The Balaban J connectivity index is 1.57. The molecule has 10 heteroatoms. The number of fused-ring (bicyclic) bond motifs is 1. The molecule has 2 aromatic heterocycles. The summed E-state index contributed by atoms with van der Waals surface area (Å²) in [6.07, 6.45) is 9.11. The Labute approximate surface area is 232 Å². The van der Waals surface area contributed by atoms with Crippen molar-refractivity contribution < 1.29 is 14.3 Å². The number of aryl methyl sites for hydroxylation is 3. The number of rotatable bonds is 14. The summed E-state index contributed by atoms with van der Waals surface area (Å²) in [5.74, 6) is 1.05. The molecule has 1 atom stereocenters. The molecule has 3 N–H and O–H groups in total. The van der Waals surface area contributed by atoms with E-state index in [1.54, 1.807) is 12.4 Å². The molecule has 214 valence electrons. The lowest BCUT2D eigenvalue weighted by Crippen LogP contribution is -2.41. The second-order valence-electron chi connectivity index (χ2n) is 11.2. The van der Waals surface area contributed by atoms with Gasteiger partial charge >= 0.3 is 5.97 Å². The predicted molar refractivity (Wildman–Crippen MR) is 154 cm³/mol. The van der Waals surface area contributed by atoms with E-state index in [1.807, 2.05) is 27.7 Å². The summed E-state index contributed by atoms with van der Waals surface area (Å²) in [5.41, 5.74) is 2.76. The van der Waals surface area contributed by atoms with Crippen LogP contribution in [0.25, 0.3) is 0 Å². The van der Waals surface area contributed by atoms with Crippen molar-refractivity contribution >= 4 is 23.6 Å². The van der Waals surface area contributed by atoms with E-state index < -0.39 is 11.6 Å². The molecule has 1 amide bonds. The SMILES string of the molecule is CC(=O)NCCN(CCCCc1ccc2c(n1)NCCC2)CCC(Nc1ncc(C)cn1)C(=O)OC(C)(C)C. The number of nitrogens with zero attached hydrogens (tertiary/aromatic N) is 4. The number of pyridine rings is 1. The predicted octanol–water partition coefficient (Wildman–Crippen LogP) is 3.51. The number of aromatic nitrogens is 3. The maximum atomic E-state index is 13.0. The molecule has 1 aliphatic heterocycles. The first-order valence-corrected chi connectivity index (χ1v) is 14.1. The second kappa shape index (κ2) is 14.8. The van der Waals surface area contributed by atoms with Gasteiger partial charge in [-0.25, -0.2) is 19.7 Å². The number of unbranched alkanes of at least 4 members (excludes halogenated alkanes) is 1. The zero-order valence-corrected chi connectivity index (χ0v) is 24.2. The first kappa shape index (κ1) is 30.3. The normalized spacial score (nSPS) is 13.8. The van der Waals surface area contributed by atoms with Crippen LogP contribution in [0.4, 0.5) is 11.8 Å². The minimum atomic E-state index is -0.601. The summed E-state index contributed by atoms with van der Waals surface area (Å²) in [6.45, 7) is 12.8. The van der Waals surface area contributed by atoms with E-state index in [0.717, 1.165) is 62.3 Å². The van der Waals surface area contributed by atoms with Gasteiger partial charge in [-0.1, -0.05) is 6.07 Å². The zero-order valence-electron chi connectivity index (χ0n) is 24.2. The lowest BCUT2D eigenvalue weighted by molar-refractivity contribution is -0.156. The summed E-state index contributed by atoms with van der Waals surface area (Å²) < 4.78 is 5.68. The van der Waals surface area contributed by atoms with Crippen LogP contribution in [0.15, 0.2) is 24.5 Å². The van der Waals surface area contributed by atoms with E-state index in [-0.39, 0.29) is 11.9 Å². The molecule has 3 heterocycles. The summed E-state index contributed by atoms with van der Waals surface area (Å²) in [6, 6.07) is 3.75. The van der Waals surface area contributed by atoms with Crippen molar-refractivity contribution in [3.8, 4) is 0 Å². The summed E-state index contributed by atoms with van der Waals surface area (Å²) in [4.78, 5) is 40.2. The highest BCUT2D eigenvalue weighted by Crippen LogP contribution is 2.20. The average Bonchev–Trinajstić information content (AvgIpc) is 2.88. The standard InChI is InChI=1S/C29H45N7O3/c1-21-19-32-28(33-20-21)35-25(27(38)39-29(3,4)5)13-17-36(18-15-30-22(2)37)16-7-6-10-24-12-11-23-9-8-14-31-26(23)34-24/h11-12,19-20,25H,6-10,13-18H2,1-5H3,(H,30,37)(H,31,34)(H,32,33,35). The Bertz CT molecular complexity index is 1070. The van der Waals surface area contributed by atoms with E-state index in [1.165, 1.54) is 12.5 Å². The van der Waals surface area contributed by atoms with Crippen molar-refractivity contribution in [1.82, 2.24) is 25.2 Å². The number of hydrogen-bond acceptors (Lipinski definition) is 9. The maximum Gasteiger partial charge on any atom is 0.329 e. The molecule has 0 aromatic carbocycles. The molecule has 10 nitrogen and oxygen atoms in total. The Morgan fingerprint density at radius 3 is 2.62 bits per heavy atom. The van der Waals surface area contributed by atoms with Crippen LogP contribution in [-0.2, 0) is 27.2 Å². The van der Waals surface area contributed by atoms with Crippen LogP contribution in [0.1, 0.15) is 70.2 Å². The number of esters is 1. The van der Waals surface area contributed by atoms with Crippen LogP contribution in [0.5, 0.6) is 0 Å². The molecule has 0 bridgehead atoms. The van der Waals surface area contributed by atoms with Crippen molar-refractivity contribution in [2.24, 2.45) is 0 Å². The molecule has 3 rings (SSSR count). The smallest absolute Gasteiger partial charge is 0.329 e. The lowest BCUT2D eigenvalue weighted by atomic mass is 10.1. The Morgan fingerprint density at radius 2 is 1.90 bits per heavy atom. The fraction of sp³-hybridized carbons (Fsp3) is 0.621. The van der Waals surface area contributed by atoms with Gasteiger partial charge < -0.3 is 25.6 Å². The highest BCUT2D eigenvalue weighted by atomic mass is 16.6. The van der Waals surface area contributed by atoms with E-state index in [2.05, 4.69) is 43.0 Å². The van der Waals surface area contributed by atoms with Gasteiger partial charge in [-0.05, 0) is 90.0 Å². The van der Waals surface area contributed by atoms with Crippen molar-refractivity contribution in [1.29, 1.82) is 0 Å². The average molecular weight is 540 g/mol. The molecule has 1 unspecified atom stereocenters. The number of hydrogen-bond donors (Lipinski definition) is 3. The third-order valence-electron chi connectivity index (χ3n) is 6.42. The van der Waals surface area contributed by atoms with Crippen molar-refractivity contribution in [3.05, 3.63) is 41.3 Å². The van der Waals surface area contributed by atoms with E-state index in [0.29, 0.717) is 32.0 Å². The molecule has 39 heavy (non-hydrogen) atoms. The lowest BCUT2D eigenvalue weighted by Gasteiger charge is -2.27. The first-order chi connectivity index (χ1) is 18.6. The van der Waals surface area contributed by atoms with Crippen LogP contribution in [0, 0.1) is 6.92 Å². The molecule has 0 fully saturated rings. The topological polar surface area (TPSA) is 121 Å². The minimum absolute atomic E-state index is 0.0492. The van der Waals surface area contributed by atoms with Gasteiger partial charge in [-0.15, -0.1) is 0 Å². The van der Waals surface area contributed by atoms with Crippen molar-refractivity contribution in [3.63, 3.8) is 0 Å². The van der Waals surface area contributed by atoms with Gasteiger partial charge in [0.2, 0.25) is 11.9 Å². The van der Waals surface area contributed by atoms with Gasteiger partial charge in [0.15, 0.2) is 0 Å². The summed E-state index contributed by atoms with van der Waals surface area (Å²) in [7, 11) is 0. The van der Waals surface area contributed by atoms with Crippen LogP contribution in [-0.4, -0.2) is 76.1 Å². The molecule has 2 aromatic rings. The van der Waals surface area contributed by atoms with Crippen LogP contribution in [0.2, 0.25) is 0 Å². The van der Waals surface area contributed by atoms with E-state index in [9.17, 15) is 9.59 Å². The van der Waals surface area contributed by atoms with Crippen LogP contribution < -0.4 is 16.0 Å². The fourth-order valence-electron chi connectivity index (χ4n) is 4.43. The quantitative estimate of drug-likeness (QED) is 0.245. The van der Waals surface area contributed by atoms with Crippen molar-refractivity contribution in [2.75, 3.05) is 43.4 Å². The Kier molecular flexibility index (Phi) is 11.5. The van der Waals surface area contributed by atoms with E-state index >= 15 is 0 Å². The van der Waals surface area contributed by atoms with Crippen LogP contribution >= 0.6 is 0 Å². The number of carbonyl (C=O) groups excluding carboxylic acids is 2. The van der Waals surface area contributed by atoms with Gasteiger partial charge in [0.05, 0.1) is 0 Å². The van der Waals surface area contributed by atoms with Crippen LogP contribution in [0.3, 0.4) is 0 Å². The largest absolute Gasteiger partial charge is 0.458 e. The molecular weight excluding hydrogens is 494 g/mol. The fourth-order valence-corrected chi connectivity index (χ4v) is 4.43. The molecule has 0 saturated heterocycles. The molecule has 0 spiro atoms. The molecule has 0 radical (unpaired) electrons. The van der Waals surface area contributed by atoms with Gasteiger partial charge in [0, 0.05) is 51.2 Å². The molecule has 0 aliphatic carbocycles. The monoisotopic (exact) mass is 539 g/mol. The number of nitrogens with one attached hydrogen (secondary N) is 3. The highest BCUT2D eigenvalue weighted by molar-refractivity contribution is 5.79. The van der Waals surface area contributed by atoms with Crippen molar-refractivity contribution in [2.45, 2.75) is 84.8 Å². The molecule has 1 aliphatic rings. The van der Waals surface area contributed by atoms with Gasteiger partial charge in [-0.2, -0.15) is 0 Å². The zero-order chi connectivity index (χ0) is 28.3. The Morgan fingerprint density at radius 1 is 1.13 bits per heavy atom. The Hall–Kier alpha value is -3.27. The third kappa shape index (κ3) is 11.2. The van der Waals surface area contributed by atoms with Gasteiger partial charge in [0.1, 0.15) is 17.5 Å². The molecular formula is C29H45N7O3. The highest BCUT2D eigenvalue weighted by Gasteiger charge is 2.26. The summed E-state index contributed by atoms with van der Waals surface area (Å²) in [5, 5.41) is 9.46. The number of carbonyl (C=O) groups is 2. The van der Waals surface area contributed by atoms with Gasteiger partial charge in [-0.3, -0.25) is 4.79 Å². The van der Waals surface area contributed by atoms with E-state index in [4.69, 9.17) is 9.72 Å². The molecule has 0 saturated carbocycles.